The van der Waals surface area contributed by atoms with E-state index in [9.17, 15) is 0 Å². The van der Waals surface area contributed by atoms with Crippen molar-refractivity contribution in [2.24, 2.45) is 5.41 Å². The van der Waals surface area contributed by atoms with Gasteiger partial charge in [-0.3, -0.25) is 0 Å². The molecule has 0 radical (unpaired) electrons. The second kappa shape index (κ2) is 5.40. The van der Waals surface area contributed by atoms with Crippen LogP contribution in [0.4, 0.5) is 0 Å². The van der Waals surface area contributed by atoms with Gasteiger partial charge >= 0.3 is 0 Å². The van der Waals surface area contributed by atoms with Crippen LogP contribution in [0.15, 0.2) is 12.7 Å². The van der Waals surface area contributed by atoms with Crippen molar-refractivity contribution in [2.75, 3.05) is 0 Å². The number of allylic oxidation sites excluding steroid dienone is 1. The molecule has 0 saturated carbocycles. The highest BCUT2D eigenvalue weighted by Gasteiger charge is 2.14. The summed E-state index contributed by atoms with van der Waals surface area (Å²) in [5.41, 5.74) is 0.532. The summed E-state index contributed by atoms with van der Waals surface area (Å²) in [7, 11) is 0. The molecule has 0 atom stereocenters. The maximum atomic E-state index is 3.74. The van der Waals surface area contributed by atoms with Gasteiger partial charge in [-0.25, -0.2) is 0 Å². The molecule has 0 aromatic carbocycles. The van der Waals surface area contributed by atoms with E-state index in [0.29, 0.717) is 5.41 Å². The summed E-state index contributed by atoms with van der Waals surface area (Å²) in [5.74, 6) is 0. The van der Waals surface area contributed by atoms with Crippen molar-refractivity contribution in [2.45, 2.75) is 52.9 Å². The molecule has 0 bridgehead atoms. The van der Waals surface area contributed by atoms with Gasteiger partial charge in [-0.05, 0) is 24.7 Å². The van der Waals surface area contributed by atoms with Gasteiger partial charge in [0.05, 0.1) is 0 Å². The zero-order chi connectivity index (χ0) is 8.74. The summed E-state index contributed by atoms with van der Waals surface area (Å²) in [6.45, 7) is 10.7. The van der Waals surface area contributed by atoms with Gasteiger partial charge in [-0.15, -0.1) is 6.58 Å². The van der Waals surface area contributed by atoms with Crippen molar-refractivity contribution < 1.29 is 0 Å². The third-order valence-electron chi connectivity index (χ3n) is 2.23. The first-order chi connectivity index (χ1) is 5.12. The van der Waals surface area contributed by atoms with Gasteiger partial charge in [-0.2, -0.15) is 0 Å². The normalized spacial score (nSPS) is 11.5. The second-order valence-corrected chi connectivity index (χ2v) is 4.10. The molecule has 0 fully saturated rings. The lowest BCUT2D eigenvalue weighted by molar-refractivity contribution is 0.300. The lowest BCUT2D eigenvalue weighted by Crippen LogP contribution is -2.10. The first kappa shape index (κ1) is 10.7. The molecule has 11 heavy (non-hydrogen) atoms. The Bertz CT molecular complexity index is 101. The molecule has 0 N–H and O–H groups in total. The third kappa shape index (κ3) is 6.15. The summed E-state index contributed by atoms with van der Waals surface area (Å²) in [6.07, 6.45) is 8.51. The molecule has 0 aromatic rings. The zero-order valence-corrected chi connectivity index (χ0v) is 8.32. The first-order valence-electron chi connectivity index (χ1n) is 4.73. The van der Waals surface area contributed by atoms with Gasteiger partial charge in [-0.1, -0.05) is 39.7 Å². The Kier molecular flexibility index (Phi) is 5.27. The SMILES string of the molecule is C=CCCC(C)(C)CCCC. The van der Waals surface area contributed by atoms with Crippen LogP contribution in [0.2, 0.25) is 0 Å². The van der Waals surface area contributed by atoms with Crippen LogP contribution < -0.4 is 0 Å². The molecule has 0 nitrogen and oxygen atoms in total. The predicted octanol–water partition coefficient (Wildman–Crippen LogP) is 4.17. The topological polar surface area (TPSA) is 0 Å². The molecular formula is C11H22. The minimum absolute atomic E-state index is 0.532. The van der Waals surface area contributed by atoms with Crippen molar-refractivity contribution in [1.82, 2.24) is 0 Å². The van der Waals surface area contributed by atoms with Gasteiger partial charge in [0.25, 0.3) is 0 Å². The van der Waals surface area contributed by atoms with Crippen LogP contribution in [-0.2, 0) is 0 Å². The van der Waals surface area contributed by atoms with Crippen LogP contribution in [0, 0.1) is 5.41 Å². The largest absolute Gasteiger partial charge is 0.103 e. The number of hydrogen-bond acceptors (Lipinski definition) is 0. The Morgan fingerprint density at radius 1 is 1.27 bits per heavy atom. The van der Waals surface area contributed by atoms with Gasteiger partial charge in [0.2, 0.25) is 0 Å². The maximum absolute atomic E-state index is 3.74. The third-order valence-corrected chi connectivity index (χ3v) is 2.23. The van der Waals surface area contributed by atoms with Crippen LogP contribution in [0.1, 0.15) is 52.9 Å². The number of rotatable bonds is 6. The van der Waals surface area contributed by atoms with Crippen LogP contribution in [0.3, 0.4) is 0 Å². The average Bonchev–Trinajstić information content (AvgIpc) is 1.97. The van der Waals surface area contributed by atoms with Crippen molar-refractivity contribution in [1.29, 1.82) is 0 Å². The molecule has 0 saturated heterocycles. The molecule has 66 valence electrons. The lowest BCUT2D eigenvalue weighted by atomic mass is 9.83. The van der Waals surface area contributed by atoms with E-state index < -0.39 is 0 Å². The van der Waals surface area contributed by atoms with E-state index in [-0.39, 0.29) is 0 Å². The molecule has 0 aromatic heterocycles. The Morgan fingerprint density at radius 2 is 1.91 bits per heavy atom. The summed E-state index contributed by atoms with van der Waals surface area (Å²) in [6, 6.07) is 0. The van der Waals surface area contributed by atoms with Crippen LogP contribution in [0.5, 0.6) is 0 Å². The molecule has 0 heteroatoms. The highest BCUT2D eigenvalue weighted by molar-refractivity contribution is 4.74. The van der Waals surface area contributed by atoms with Crippen LogP contribution in [-0.4, -0.2) is 0 Å². The second-order valence-electron chi connectivity index (χ2n) is 4.10. The van der Waals surface area contributed by atoms with Gasteiger partial charge in [0.1, 0.15) is 0 Å². The highest BCUT2D eigenvalue weighted by atomic mass is 14.2. The monoisotopic (exact) mass is 154 g/mol. The standard InChI is InChI=1S/C11H22/c1-5-7-9-11(3,4)10-8-6-2/h5H,1,6-10H2,2-4H3. The molecule has 0 aliphatic carbocycles. The molecule has 0 aliphatic rings. The van der Waals surface area contributed by atoms with Gasteiger partial charge in [0.15, 0.2) is 0 Å². The molecule has 0 aliphatic heterocycles. The highest BCUT2D eigenvalue weighted by Crippen LogP contribution is 2.28. The molecule has 0 spiro atoms. The number of hydrogen-bond donors (Lipinski definition) is 0. The predicted molar refractivity (Wildman–Crippen MR) is 52.7 cm³/mol. The minimum Gasteiger partial charge on any atom is -0.103 e. The summed E-state index contributed by atoms with van der Waals surface area (Å²) >= 11 is 0. The maximum Gasteiger partial charge on any atom is -0.0348 e. The van der Waals surface area contributed by atoms with Crippen LogP contribution in [0.25, 0.3) is 0 Å². The minimum atomic E-state index is 0.532. The fourth-order valence-electron chi connectivity index (χ4n) is 1.27. The molecule has 0 rings (SSSR count). The van der Waals surface area contributed by atoms with Gasteiger partial charge < -0.3 is 0 Å². The molecular weight excluding hydrogens is 132 g/mol. The fraction of sp³-hybridized carbons (Fsp3) is 0.818. The van der Waals surface area contributed by atoms with Crippen molar-refractivity contribution in [3.63, 3.8) is 0 Å². The molecule has 0 heterocycles. The Morgan fingerprint density at radius 3 is 2.36 bits per heavy atom. The van der Waals surface area contributed by atoms with Crippen molar-refractivity contribution >= 4 is 0 Å². The van der Waals surface area contributed by atoms with E-state index in [1.54, 1.807) is 0 Å². The average molecular weight is 154 g/mol. The van der Waals surface area contributed by atoms with Crippen molar-refractivity contribution in [3.05, 3.63) is 12.7 Å². The number of unbranched alkanes of at least 4 members (excludes halogenated alkanes) is 1. The summed E-state index contributed by atoms with van der Waals surface area (Å²) in [4.78, 5) is 0. The smallest absolute Gasteiger partial charge is 0.0348 e. The summed E-state index contributed by atoms with van der Waals surface area (Å²) < 4.78 is 0. The molecule has 0 amide bonds. The lowest BCUT2D eigenvalue weighted by Gasteiger charge is -2.23. The Balaban J connectivity index is 3.51. The van der Waals surface area contributed by atoms with E-state index in [1.807, 2.05) is 6.08 Å². The van der Waals surface area contributed by atoms with Crippen LogP contribution >= 0.6 is 0 Å². The molecule has 0 unspecified atom stereocenters. The van der Waals surface area contributed by atoms with E-state index >= 15 is 0 Å². The first-order valence-corrected chi connectivity index (χ1v) is 4.73. The van der Waals surface area contributed by atoms with E-state index in [4.69, 9.17) is 0 Å². The van der Waals surface area contributed by atoms with Gasteiger partial charge in [0, 0.05) is 0 Å². The van der Waals surface area contributed by atoms with E-state index in [2.05, 4.69) is 27.4 Å². The van der Waals surface area contributed by atoms with E-state index in [1.165, 1.54) is 25.7 Å². The quantitative estimate of drug-likeness (QED) is 0.504. The summed E-state index contributed by atoms with van der Waals surface area (Å²) in [5, 5.41) is 0. The Labute approximate surface area is 71.7 Å². The fourth-order valence-corrected chi connectivity index (χ4v) is 1.27. The Hall–Kier alpha value is -0.260. The zero-order valence-electron chi connectivity index (χ0n) is 8.32. The van der Waals surface area contributed by atoms with Crippen molar-refractivity contribution in [3.8, 4) is 0 Å². The van der Waals surface area contributed by atoms with E-state index in [0.717, 1.165) is 6.42 Å².